The quantitative estimate of drug-likeness (QED) is 0.758. The van der Waals surface area contributed by atoms with Gasteiger partial charge in [-0.25, -0.2) is 0 Å². The van der Waals surface area contributed by atoms with Gasteiger partial charge in [-0.1, -0.05) is 47.5 Å². The van der Waals surface area contributed by atoms with Gasteiger partial charge in [-0.05, 0) is 34.7 Å². The molecule has 0 aliphatic rings. The van der Waals surface area contributed by atoms with Crippen LogP contribution in [0.1, 0.15) is 11.1 Å². The van der Waals surface area contributed by atoms with Gasteiger partial charge in [-0.15, -0.1) is 0 Å². The molecule has 2 aromatic carbocycles. The van der Waals surface area contributed by atoms with Gasteiger partial charge in [0.05, 0.1) is 16.7 Å². The predicted molar refractivity (Wildman–Crippen MR) is 83.4 cm³/mol. The molecule has 1 heterocycles. The molecule has 2 nitrogen and oxygen atoms in total. The van der Waals surface area contributed by atoms with Crippen LogP contribution in [0.15, 0.2) is 48.7 Å². The van der Waals surface area contributed by atoms with Gasteiger partial charge in [-0.3, -0.25) is 0 Å². The Morgan fingerprint density at radius 1 is 1.05 bits per heavy atom. The number of nitrogens with zero attached hydrogens (tertiary/aromatic N) is 1. The van der Waals surface area contributed by atoms with Crippen LogP contribution < -0.4 is 0 Å². The maximum absolute atomic E-state index is 9.25. The molecule has 0 unspecified atom stereocenters. The summed E-state index contributed by atoms with van der Waals surface area (Å²) in [6, 6.07) is 13.6. The van der Waals surface area contributed by atoms with Crippen LogP contribution in [0.4, 0.5) is 0 Å². The molecule has 0 aliphatic carbocycles. The van der Waals surface area contributed by atoms with Crippen LogP contribution in [0.2, 0.25) is 10.0 Å². The lowest BCUT2D eigenvalue weighted by atomic mass is 10.1. The van der Waals surface area contributed by atoms with Crippen molar-refractivity contribution in [3.63, 3.8) is 0 Å². The maximum Gasteiger partial charge on any atom is 0.0682 e. The van der Waals surface area contributed by atoms with Gasteiger partial charge >= 0.3 is 0 Å². The van der Waals surface area contributed by atoms with Gasteiger partial charge in [0.25, 0.3) is 0 Å². The van der Waals surface area contributed by atoms with Crippen LogP contribution in [0.25, 0.3) is 10.9 Å². The van der Waals surface area contributed by atoms with Crippen molar-refractivity contribution in [3.05, 3.63) is 69.8 Å². The Morgan fingerprint density at radius 3 is 2.70 bits per heavy atom. The fourth-order valence-corrected chi connectivity index (χ4v) is 2.70. The highest BCUT2D eigenvalue weighted by Gasteiger charge is 2.07. The zero-order valence-corrected chi connectivity index (χ0v) is 12.2. The van der Waals surface area contributed by atoms with E-state index in [4.69, 9.17) is 23.2 Å². The Morgan fingerprint density at radius 2 is 1.90 bits per heavy atom. The largest absolute Gasteiger partial charge is 0.392 e. The van der Waals surface area contributed by atoms with Crippen molar-refractivity contribution < 1.29 is 5.11 Å². The van der Waals surface area contributed by atoms with Gasteiger partial charge in [0.2, 0.25) is 0 Å². The summed E-state index contributed by atoms with van der Waals surface area (Å²) in [5.74, 6) is 0. The number of hydrogen-bond donors (Lipinski definition) is 1. The molecule has 1 N–H and O–H groups in total. The molecule has 0 bridgehead atoms. The van der Waals surface area contributed by atoms with E-state index in [1.807, 2.05) is 36.5 Å². The fraction of sp³-hybridized carbons (Fsp3) is 0.125. The number of aliphatic hydroxyl groups excluding tert-OH is 1. The average Bonchev–Trinajstić information content (AvgIpc) is 2.86. The summed E-state index contributed by atoms with van der Waals surface area (Å²) in [6.07, 6.45) is 2.02. The van der Waals surface area contributed by atoms with E-state index in [-0.39, 0.29) is 6.61 Å². The minimum absolute atomic E-state index is 0.0407. The third-order valence-electron chi connectivity index (χ3n) is 3.39. The monoisotopic (exact) mass is 305 g/mol. The lowest BCUT2D eigenvalue weighted by Gasteiger charge is -2.09. The first-order valence-corrected chi connectivity index (χ1v) is 7.06. The lowest BCUT2D eigenvalue weighted by molar-refractivity contribution is 0.282. The van der Waals surface area contributed by atoms with Crippen LogP contribution >= 0.6 is 23.2 Å². The van der Waals surface area contributed by atoms with Gasteiger partial charge < -0.3 is 9.67 Å². The highest BCUT2D eigenvalue weighted by Crippen LogP contribution is 2.27. The van der Waals surface area contributed by atoms with Crippen molar-refractivity contribution in [1.29, 1.82) is 0 Å². The Labute approximate surface area is 127 Å². The second-order valence-corrected chi connectivity index (χ2v) is 5.49. The minimum Gasteiger partial charge on any atom is -0.392 e. The minimum atomic E-state index is 0.0407. The first-order chi connectivity index (χ1) is 9.69. The summed E-state index contributed by atoms with van der Waals surface area (Å²) in [5, 5.41) is 11.5. The van der Waals surface area contributed by atoms with Crippen molar-refractivity contribution in [2.24, 2.45) is 0 Å². The highest BCUT2D eigenvalue weighted by molar-refractivity contribution is 6.42. The standard InChI is InChI=1S/C16H13Cl2NO/c17-14-3-1-2-13(16(14)18)9-19-7-6-12-5-4-11(10-20)8-15(12)19/h1-8,20H,9-10H2. The second kappa shape index (κ2) is 5.49. The average molecular weight is 306 g/mol. The van der Waals surface area contributed by atoms with E-state index >= 15 is 0 Å². The third-order valence-corrected chi connectivity index (χ3v) is 4.25. The Hall–Kier alpha value is -1.48. The van der Waals surface area contributed by atoms with E-state index in [1.54, 1.807) is 6.07 Å². The molecule has 0 radical (unpaired) electrons. The van der Waals surface area contributed by atoms with Crippen molar-refractivity contribution in [2.45, 2.75) is 13.2 Å². The molecule has 3 aromatic rings. The lowest BCUT2D eigenvalue weighted by Crippen LogP contribution is -1.99. The molecule has 0 aliphatic heterocycles. The molecule has 3 rings (SSSR count). The molecular weight excluding hydrogens is 293 g/mol. The summed E-state index contributed by atoms with van der Waals surface area (Å²) in [4.78, 5) is 0. The number of rotatable bonds is 3. The first kappa shape index (κ1) is 13.5. The van der Waals surface area contributed by atoms with Crippen LogP contribution in [-0.4, -0.2) is 9.67 Å². The molecule has 20 heavy (non-hydrogen) atoms. The van der Waals surface area contributed by atoms with Crippen LogP contribution in [0.3, 0.4) is 0 Å². The molecule has 0 spiro atoms. The van der Waals surface area contributed by atoms with Crippen molar-refractivity contribution >= 4 is 34.1 Å². The van der Waals surface area contributed by atoms with Crippen LogP contribution in [0.5, 0.6) is 0 Å². The Balaban J connectivity index is 2.04. The Bertz CT molecular complexity index is 764. The van der Waals surface area contributed by atoms with Crippen molar-refractivity contribution in [2.75, 3.05) is 0 Å². The molecular formula is C16H13Cl2NO. The number of aromatic nitrogens is 1. The van der Waals surface area contributed by atoms with E-state index in [1.165, 1.54) is 0 Å². The summed E-state index contributed by atoms with van der Waals surface area (Å²) >= 11 is 12.3. The SMILES string of the molecule is OCc1ccc2ccn(Cc3cccc(Cl)c3Cl)c2c1. The van der Waals surface area contributed by atoms with Gasteiger partial charge in [0, 0.05) is 18.3 Å². The fourth-order valence-electron chi connectivity index (χ4n) is 2.32. The van der Waals surface area contributed by atoms with E-state index in [9.17, 15) is 5.11 Å². The zero-order valence-electron chi connectivity index (χ0n) is 10.7. The zero-order chi connectivity index (χ0) is 14.1. The Kier molecular flexibility index (Phi) is 3.70. The number of benzene rings is 2. The van der Waals surface area contributed by atoms with E-state index in [2.05, 4.69) is 10.6 Å². The molecule has 0 saturated heterocycles. The van der Waals surface area contributed by atoms with Crippen LogP contribution in [-0.2, 0) is 13.2 Å². The number of hydrogen-bond acceptors (Lipinski definition) is 1. The number of aliphatic hydroxyl groups is 1. The van der Waals surface area contributed by atoms with E-state index < -0.39 is 0 Å². The van der Waals surface area contributed by atoms with E-state index in [0.717, 1.165) is 22.0 Å². The van der Waals surface area contributed by atoms with Gasteiger partial charge in [0.1, 0.15) is 0 Å². The molecule has 0 saturated carbocycles. The predicted octanol–water partition coefficient (Wildman–Crippen LogP) is 4.49. The number of halogens is 2. The summed E-state index contributed by atoms with van der Waals surface area (Å²) in [6.45, 7) is 0.691. The first-order valence-electron chi connectivity index (χ1n) is 6.30. The van der Waals surface area contributed by atoms with Gasteiger partial charge in [-0.2, -0.15) is 0 Å². The second-order valence-electron chi connectivity index (χ2n) is 4.71. The van der Waals surface area contributed by atoms with Crippen LogP contribution in [0, 0.1) is 0 Å². The molecule has 0 fully saturated rings. The molecule has 0 atom stereocenters. The summed E-state index contributed by atoms with van der Waals surface area (Å²) in [5.41, 5.74) is 2.95. The molecule has 0 amide bonds. The number of fused-ring (bicyclic) bond motifs is 1. The summed E-state index contributed by atoms with van der Waals surface area (Å²) in [7, 11) is 0. The topological polar surface area (TPSA) is 25.2 Å². The third kappa shape index (κ3) is 2.42. The smallest absolute Gasteiger partial charge is 0.0682 e. The normalized spacial score (nSPS) is 11.2. The maximum atomic E-state index is 9.25. The van der Waals surface area contributed by atoms with Crippen molar-refractivity contribution in [1.82, 2.24) is 4.57 Å². The molecule has 102 valence electrons. The molecule has 4 heteroatoms. The molecule has 1 aromatic heterocycles. The van der Waals surface area contributed by atoms with Crippen molar-refractivity contribution in [3.8, 4) is 0 Å². The van der Waals surface area contributed by atoms with Gasteiger partial charge in [0.15, 0.2) is 0 Å². The highest BCUT2D eigenvalue weighted by atomic mass is 35.5. The summed E-state index contributed by atoms with van der Waals surface area (Å²) < 4.78 is 2.10. The van der Waals surface area contributed by atoms with E-state index in [0.29, 0.717) is 16.6 Å².